The van der Waals surface area contributed by atoms with Gasteiger partial charge in [-0.2, -0.15) is 5.10 Å². The van der Waals surface area contributed by atoms with Crippen molar-refractivity contribution >= 4 is 34.2 Å². The maximum absolute atomic E-state index is 13.1. The van der Waals surface area contributed by atoms with Crippen molar-refractivity contribution in [2.75, 3.05) is 5.32 Å². The summed E-state index contributed by atoms with van der Waals surface area (Å²) in [4.78, 5) is 19.8. The van der Waals surface area contributed by atoms with Gasteiger partial charge in [0.25, 0.3) is 5.91 Å². The summed E-state index contributed by atoms with van der Waals surface area (Å²) in [5.41, 5.74) is 3.58. The number of H-pyrrole nitrogens is 2. The van der Waals surface area contributed by atoms with E-state index in [4.69, 9.17) is 11.6 Å². The molecule has 0 fully saturated rings. The molecule has 6 nitrogen and oxygen atoms in total. The van der Waals surface area contributed by atoms with Crippen molar-refractivity contribution in [1.82, 2.24) is 20.2 Å². The molecule has 1 amide bonds. The first kappa shape index (κ1) is 16.3. The molecule has 4 aromatic rings. The van der Waals surface area contributed by atoms with Crippen LogP contribution in [0.15, 0.2) is 42.6 Å². The van der Waals surface area contributed by atoms with Crippen LogP contribution in [0.5, 0.6) is 0 Å². The van der Waals surface area contributed by atoms with E-state index in [9.17, 15) is 9.18 Å². The van der Waals surface area contributed by atoms with Gasteiger partial charge in [-0.1, -0.05) is 11.6 Å². The smallest absolute Gasteiger partial charge is 0.277 e. The number of halogens is 2. The standard InChI is InChI=1S/C18H13ClFN5O/c1-9-15(19)16(25-24-9)18(26)22-13-6-11-7-14(23-17(11)21-8-13)10-2-4-12(20)5-3-10/h2-8H,1H3,(H,21,23)(H,22,26)(H,24,25). The summed E-state index contributed by atoms with van der Waals surface area (Å²) in [6, 6.07) is 9.84. The van der Waals surface area contributed by atoms with Crippen molar-refractivity contribution in [3.63, 3.8) is 0 Å². The minimum Gasteiger partial charge on any atom is -0.339 e. The van der Waals surface area contributed by atoms with Crippen molar-refractivity contribution < 1.29 is 9.18 Å². The molecule has 0 saturated carbocycles. The molecule has 0 atom stereocenters. The molecule has 0 spiro atoms. The Bertz CT molecular complexity index is 1120. The van der Waals surface area contributed by atoms with Gasteiger partial charge in [-0.25, -0.2) is 9.37 Å². The van der Waals surface area contributed by atoms with Crippen LogP contribution in [0, 0.1) is 12.7 Å². The highest BCUT2D eigenvalue weighted by molar-refractivity contribution is 6.34. The van der Waals surface area contributed by atoms with Gasteiger partial charge in [0.2, 0.25) is 0 Å². The molecule has 0 unspecified atom stereocenters. The van der Waals surface area contributed by atoms with Crippen LogP contribution in [0.4, 0.5) is 10.1 Å². The number of hydrogen-bond acceptors (Lipinski definition) is 3. The number of nitrogens with zero attached hydrogens (tertiary/aromatic N) is 2. The van der Waals surface area contributed by atoms with E-state index in [2.05, 4.69) is 25.5 Å². The van der Waals surface area contributed by atoms with Crippen LogP contribution in [-0.4, -0.2) is 26.1 Å². The van der Waals surface area contributed by atoms with Crippen LogP contribution >= 0.6 is 11.6 Å². The minimum absolute atomic E-state index is 0.130. The Morgan fingerprint density at radius 1 is 1.23 bits per heavy atom. The average molecular weight is 370 g/mol. The van der Waals surface area contributed by atoms with Crippen LogP contribution in [0.2, 0.25) is 5.02 Å². The predicted molar refractivity (Wildman–Crippen MR) is 97.8 cm³/mol. The first-order chi connectivity index (χ1) is 12.5. The highest BCUT2D eigenvalue weighted by Gasteiger charge is 2.16. The molecular weight excluding hydrogens is 357 g/mol. The molecular formula is C18H13ClFN5O. The van der Waals surface area contributed by atoms with Gasteiger partial charge in [0.05, 0.1) is 22.6 Å². The van der Waals surface area contributed by atoms with Gasteiger partial charge < -0.3 is 10.3 Å². The lowest BCUT2D eigenvalue weighted by Crippen LogP contribution is -2.13. The molecule has 0 aliphatic heterocycles. The Morgan fingerprint density at radius 2 is 2.00 bits per heavy atom. The Morgan fingerprint density at radius 3 is 2.69 bits per heavy atom. The first-order valence-electron chi connectivity index (χ1n) is 7.78. The molecule has 0 aliphatic rings. The van der Waals surface area contributed by atoms with Crippen molar-refractivity contribution in [2.24, 2.45) is 0 Å². The first-order valence-corrected chi connectivity index (χ1v) is 8.15. The van der Waals surface area contributed by atoms with Crippen LogP contribution in [-0.2, 0) is 0 Å². The summed E-state index contributed by atoms with van der Waals surface area (Å²) < 4.78 is 13.1. The normalized spacial score (nSPS) is 11.0. The number of carbonyl (C=O) groups excluding carboxylic acids is 1. The molecule has 0 saturated heterocycles. The number of aromatic nitrogens is 4. The summed E-state index contributed by atoms with van der Waals surface area (Å²) in [6.07, 6.45) is 1.54. The zero-order chi connectivity index (χ0) is 18.3. The third-order valence-corrected chi connectivity index (χ3v) is 4.43. The highest BCUT2D eigenvalue weighted by atomic mass is 35.5. The number of hydrogen-bond donors (Lipinski definition) is 3. The lowest BCUT2D eigenvalue weighted by atomic mass is 10.1. The van der Waals surface area contributed by atoms with E-state index in [0.717, 1.165) is 16.6 Å². The van der Waals surface area contributed by atoms with E-state index in [-0.39, 0.29) is 16.5 Å². The second kappa shape index (κ2) is 6.27. The number of amides is 1. The quantitative estimate of drug-likeness (QED) is 0.503. The largest absolute Gasteiger partial charge is 0.339 e. The average Bonchev–Trinajstić information content (AvgIpc) is 3.19. The lowest BCUT2D eigenvalue weighted by Gasteiger charge is -2.03. The topological polar surface area (TPSA) is 86.5 Å². The van der Waals surface area contributed by atoms with E-state index in [1.165, 1.54) is 12.1 Å². The minimum atomic E-state index is -0.421. The molecule has 0 bridgehead atoms. The van der Waals surface area contributed by atoms with Gasteiger partial charge in [-0.3, -0.25) is 9.89 Å². The summed E-state index contributed by atoms with van der Waals surface area (Å²) in [5.74, 6) is -0.713. The third kappa shape index (κ3) is 2.93. The molecule has 0 aliphatic carbocycles. The fourth-order valence-corrected chi connectivity index (χ4v) is 2.80. The van der Waals surface area contributed by atoms with Gasteiger partial charge in [-0.15, -0.1) is 0 Å². The number of aromatic amines is 2. The second-order valence-electron chi connectivity index (χ2n) is 5.82. The summed E-state index contributed by atoms with van der Waals surface area (Å²) in [7, 11) is 0. The Hall–Kier alpha value is -3.19. The SMILES string of the molecule is Cc1[nH]nc(C(=O)Nc2cnc3[nH]c(-c4ccc(F)cc4)cc3c2)c1Cl. The molecule has 3 heterocycles. The molecule has 3 N–H and O–H groups in total. The van der Waals surface area contributed by atoms with E-state index < -0.39 is 5.91 Å². The lowest BCUT2D eigenvalue weighted by molar-refractivity contribution is 0.102. The Balaban J connectivity index is 1.62. The van der Waals surface area contributed by atoms with Crippen LogP contribution < -0.4 is 5.32 Å². The van der Waals surface area contributed by atoms with Gasteiger partial charge in [0, 0.05) is 11.1 Å². The molecule has 3 aromatic heterocycles. The molecule has 8 heteroatoms. The number of nitrogens with one attached hydrogen (secondary N) is 3. The van der Waals surface area contributed by atoms with Gasteiger partial charge in [0.1, 0.15) is 11.5 Å². The van der Waals surface area contributed by atoms with E-state index in [1.807, 2.05) is 6.07 Å². The molecule has 4 rings (SSSR count). The maximum Gasteiger partial charge on any atom is 0.277 e. The molecule has 0 radical (unpaired) electrons. The molecule has 130 valence electrons. The maximum atomic E-state index is 13.1. The predicted octanol–water partition coefficient (Wildman–Crippen LogP) is 4.31. The fraction of sp³-hybridized carbons (Fsp3) is 0.0556. The number of anilines is 1. The van der Waals surface area contributed by atoms with Crippen LogP contribution in [0.25, 0.3) is 22.3 Å². The third-order valence-electron chi connectivity index (χ3n) is 3.97. The van der Waals surface area contributed by atoms with Gasteiger partial charge >= 0.3 is 0 Å². The highest BCUT2D eigenvalue weighted by Crippen LogP contribution is 2.25. The van der Waals surface area contributed by atoms with Gasteiger partial charge in [0.15, 0.2) is 5.69 Å². The number of aryl methyl sites for hydroxylation is 1. The summed E-state index contributed by atoms with van der Waals surface area (Å²) in [6.45, 7) is 1.73. The number of benzene rings is 1. The molecule has 26 heavy (non-hydrogen) atoms. The monoisotopic (exact) mass is 369 g/mol. The van der Waals surface area contributed by atoms with Crippen molar-refractivity contribution in [1.29, 1.82) is 0 Å². The van der Waals surface area contributed by atoms with Crippen LogP contribution in [0.1, 0.15) is 16.2 Å². The Kier molecular flexibility index (Phi) is 3.93. The number of fused-ring (bicyclic) bond motifs is 1. The number of carbonyl (C=O) groups is 1. The van der Waals surface area contributed by atoms with Gasteiger partial charge in [-0.05, 0) is 48.9 Å². The van der Waals surface area contributed by atoms with Crippen LogP contribution in [0.3, 0.4) is 0 Å². The van der Waals surface area contributed by atoms with Crippen molar-refractivity contribution in [3.05, 3.63) is 64.8 Å². The number of rotatable bonds is 3. The summed E-state index contributed by atoms with van der Waals surface area (Å²) in [5, 5.41) is 10.4. The fourth-order valence-electron chi connectivity index (χ4n) is 2.62. The summed E-state index contributed by atoms with van der Waals surface area (Å²) >= 11 is 6.05. The number of pyridine rings is 1. The zero-order valence-corrected chi connectivity index (χ0v) is 14.4. The van der Waals surface area contributed by atoms with Crippen molar-refractivity contribution in [3.8, 4) is 11.3 Å². The molecule has 1 aromatic carbocycles. The van der Waals surface area contributed by atoms with E-state index in [1.54, 1.807) is 31.3 Å². The zero-order valence-electron chi connectivity index (χ0n) is 13.6. The second-order valence-corrected chi connectivity index (χ2v) is 6.20. The van der Waals surface area contributed by atoms with Crippen molar-refractivity contribution in [2.45, 2.75) is 6.92 Å². The van der Waals surface area contributed by atoms with E-state index >= 15 is 0 Å². The Labute approximate surface area is 152 Å². The van der Waals surface area contributed by atoms with E-state index in [0.29, 0.717) is 17.0 Å².